The van der Waals surface area contributed by atoms with Gasteiger partial charge in [-0.1, -0.05) is 13.0 Å². The molecule has 102 valence electrons. The van der Waals surface area contributed by atoms with Gasteiger partial charge in [0.2, 0.25) is 0 Å². The van der Waals surface area contributed by atoms with E-state index in [4.69, 9.17) is 10.5 Å². The first kappa shape index (κ1) is 15.1. The van der Waals surface area contributed by atoms with Crippen LogP contribution in [0.4, 0.5) is 4.39 Å². The van der Waals surface area contributed by atoms with E-state index >= 15 is 0 Å². The van der Waals surface area contributed by atoms with Crippen molar-refractivity contribution in [3.05, 3.63) is 35.1 Å². The summed E-state index contributed by atoms with van der Waals surface area (Å²) in [7, 11) is 0. The van der Waals surface area contributed by atoms with Gasteiger partial charge in [0.05, 0.1) is 5.60 Å². The zero-order valence-corrected chi connectivity index (χ0v) is 11.8. The molecule has 0 bridgehead atoms. The maximum Gasteiger partial charge on any atom is 0.123 e. The van der Waals surface area contributed by atoms with Crippen LogP contribution in [-0.4, -0.2) is 18.2 Å². The first-order valence-corrected chi connectivity index (χ1v) is 6.57. The van der Waals surface area contributed by atoms with Gasteiger partial charge in [0.25, 0.3) is 0 Å². The van der Waals surface area contributed by atoms with Gasteiger partial charge in [-0.15, -0.1) is 0 Å². The summed E-state index contributed by atoms with van der Waals surface area (Å²) < 4.78 is 19.0. The average Bonchev–Trinajstić information content (AvgIpc) is 2.34. The van der Waals surface area contributed by atoms with Crippen molar-refractivity contribution in [2.24, 2.45) is 5.73 Å². The molecule has 0 amide bonds. The molecule has 0 aromatic heterocycles. The minimum Gasteiger partial charge on any atom is -0.374 e. The van der Waals surface area contributed by atoms with Crippen molar-refractivity contribution < 1.29 is 9.13 Å². The third-order valence-electron chi connectivity index (χ3n) is 3.71. The van der Waals surface area contributed by atoms with Crippen molar-refractivity contribution in [1.29, 1.82) is 0 Å². The Hall–Kier alpha value is -0.930. The summed E-state index contributed by atoms with van der Waals surface area (Å²) in [5.41, 5.74) is 7.93. The Kier molecular flexibility index (Phi) is 5.29. The summed E-state index contributed by atoms with van der Waals surface area (Å²) in [6.07, 6.45) is 1.48. The molecule has 0 spiro atoms. The van der Waals surface area contributed by atoms with E-state index in [0.717, 1.165) is 17.5 Å². The average molecular weight is 253 g/mol. The lowest BCUT2D eigenvalue weighted by Gasteiger charge is -2.34. The molecule has 2 N–H and O–H groups in total. The van der Waals surface area contributed by atoms with Crippen LogP contribution in [0.1, 0.15) is 38.3 Å². The van der Waals surface area contributed by atoms with Crippen LogP contribution in [0.15, 0.2) is 18.2 Å². The van der Waals surface area contributed by atoms with Crippen molar-refractivity contribution >= 4 is 0 Å². The van der Waals surface area contributed by atoms with Gasteiger partial charge in [-0.05, 0) is 56.9 Å². The highest BCUT2D eigenvalue weighted by molar-refractivity contribution is 5.27. The van der Waals surface area contributed by atoms with Crippen LogP contribution in [-0.2, 0) is 11.2 Å². The van der Waals surface area contributed by atoms with E-state index < -0.39 is 0 Å². The molecule has 0 heterocycles. The Morgan fingerprint density at radius 1 is 1.39 bits per heavy atom. The Balaban J connectivity index is 2.85. The monoisotopic (exact) mass is 253 g/mol. The zero-order chi connectivity index (χ0) is 13.8. The van der Waals surface area contributed by atoms with Gasteiger partial charge in [0.15, 0.2) is 0 Å². The Bertz CT molecular complexity index is 394. The molecular weight excluding hydrogens is 229 g/mol. The van der Waals surface area contributed by atoms with Crippen molar-refractivity contribution in [2.75, 3.05) is 6.61 Å². The van der Waals surface area contributed by atoms with Crippen molar-refractivity contribution in [2.45, 2.75) is 52.2 Å². The number of halogens is 1. The summed E-state index contributed by atoms with van der Waals surface area (Å²) in [4.78, 5) is 0. The second kappa shape index (κ2) is 6.30. The molecular formula is C15H24FNO. The van der Waals surface area contributed by atoms with Gasteiger partial charge in [-0.3, -0.25) is 0 Å². The summed E-state index contributed by atoms with van der Waals surface area (Å²) >= 11 is 0. The molecule has 1 rings (SSSR count). The fourth-order valence-electron chi connectivity index (χ4n) is 2.11. The lowest BCUT2D eigenvalue weighted by atomic mass is 9.88. The first-order valence-electron chi connectivity index (χ1n) is 6.57. The van der Waals surface area contributed by atoms with E-state index in [-0.39, 0.29) is 17.5 Å². The number of rotatable bonds is 6. The molecule has 0 aliphatic carbocycles. The smallest absolute Gasteiger partial charge is 0.123 e. The lowest BCUT2D eigenvalue weighted by molar-refractivity contribution is -0.0461. The molecule has 0 radical (unpaired) electrons. The van der Waals surface area contributed by atoms with Gasteiger partial charge >= 0.3 is 0 Å². The van der Waals surface area contributed by atoms with Crippen molar-refractivity contribution in [3.63, 3.8) is 0 Å². The van der Waals surface area contributed by atoms with E-state index in [9.17, 15) is 4.39 Å². The summed E-state index contributed by atoms with van der Waals surface area (Å²) in [5, 5.41) is 0. The van der Waals surface area contributed by atoms with Crippen molar-refractivity contribution in [3.8, 4) is 0 Å². The van der Waals surface area contributed by atoms with Crippen LogP contribution < -0.4 is 5.73 Å². The Morgan fingerprint density at radius 3 is 2.61 bits per heavy atom. The molecule has 1 aromatic rings. The predicted octanol–water partition coefficient (Wildman–Crippen LogP) is 3.21. The van der Waals surface area contributed by atoms with Gasteiger partial charge in [0.1, 0.15) is 5.82 Å². The number of hydrogen-bond acceptors (Lipinski definition) is 2. The topological polar surface area (TPSA) is 35.2 Å². The minimum atomic E-state index is -0.354. The zero-order valence-electron chi connectivity index (χ0n) is 11.8. The van der Waals surface area contributed by atoms with Gasteiger partial charge in [-0.2, -0.15) is 0 Å². The SMILES string of the molecule is CCOC(C)(CC)C(N)Cc1cc(F)ccc1C. The molecule has 1 aromatic carbocycles. The number of hydrogen-bond donors (Lipinski definition) is 1. The largest absolute Gasteiger partial charge is 0.374 e. The predicted molar refractivity (Wildman–Crippen MR) is 73.1 cm³/mol. The normalized spacial score (nSPS) is 16.3. The van der Waals surface area contributed by atoms with Crippen LogP contribution in [0.2, 0.25) is 0 Å². The van der Waals surface area contributed by atoms with E-state index in [1.807, 2.05) is 20.8 Å². The maximum atomic E-state index is 13.3. The van der Waals surface area contributed by atoms with Gasteiger partial charge in [-0.25, -0.2) is 4.39 Å². The highest BCUT2D eigenvalue weighted by atomic mass is 19.1. The number of benzene rings is 1. The molecule has 2 atom stereocenters. The summed E-state index contributed by atoms with van der Waals surface area (Å²) in [6, 6.07) is 4.70. The first-order chi connectivity index (χ1) is 8.42. The Labute approximate surface area is 109 Å². The number of ether oxygens (including phenoxy) is 1. The fourth-order valence-corrected chi connectivity index (χ4v) is 2.11. The second-order valence-corrected chi connectivity index (χ2v) is 4.98. The van der Waals surface area contributed by atoms with Crippen LogP contribution >= 0.6 is 0 Å². The molecule has 0 aliphatic rings. The lowest BCUT2D eigenvalue weighted by Crippen LogP contribution is -2.48. The molecule has 0 saturated carbocycles. The maximum absolute atomic E-state index is 13.3. The van der Waals surface area contributed by atoms with E-state index in [1.165, 1.54) is 6.07 Å². The third-order valence-corrected chi connectivity index (χ3v) is 3.71. The number of nitrogens with two attached hydrogens (primary N) is 1. The molecule has 2 nitrogen and oxygen atoms in total. The van der Waals surface area contributed by atoms with Crippen LogP contribution in [0.25, 0.3) is 0 Å². The standard InChI is InChI=1S/C15H24FNO/c1-5-15(4,18-6-2)14(17)10-12-9-13(16)8-7-11(12)3/h7-9,14H,5-6,10,17H2,1-4H3. The third kappa shape index (κ3) is 3.53. The van der Waals surface area contributed by atoms with Crippen LogP contribution in [0.3, 0.4) is 0 Å². The van der Waals surface area contributed by atoms with E-state index in [0.29, 0.717) is 13.0 Å². The van der Waals surface area contributed by atoms with Gasteiger partial charge in [0, 0.05) is 12.6 Å². The second-order valence-electron chi connectivity index (χ2n) is 4.98. The highest BCUT2D eigenvalue weighted by Crippen LogP contribution is 2.23. The van der Waals surface area contributed by atoms with Crippen LogP contribution in [0.5, 0.6) is 0 Å². The highest BCUT2D eigenvalue weighted by Gasteiger charge is 2.30. The van der Waals surface area contributed by atoms with E-state index in [1.54, 1.807) is 12.1 Å². The molecule has 18 heavy (non-hydrogen) atoms. The summed E-state index contributed by atoms with van der Waals surface area (Å²) in [6.45, 7) is 8.67. The quantitative estimate of drug-likeness (QED) is 0.845. The molecule has 3 heteroatoms. The molecule has 0 aliphatic heterocycles. The molecule has 2 unspecified atom stereocenters. The van der Waals surface area contributed by atoms with Crippen LogP contribution in [0, 0.1) is 12.7 Å². The fraction of sp³-hybridized carbons (Fsp3) is 0.600. The van der Waals surface area contributed by atoms with Gasteiger partial charge < -0.3 is 10.5 Å². The number of aryl methyl sites for hydroxylation is 1. The Morgan fingerprint density at radius 2 is 2.06 bits per heavy atom. The molecule has 0 saturated heterocycles. The summed E-state index contributed by atoms with van der Waals surface area (Å²) in [5.74, 6) is -0.211. The minimum absolute atomic E-state index is 0.136. The molecule has 0 fully saturated rings. The van der Waals surface area contributed by atoms with Crippen molar-refractivity contribution in [1.82, 2.24) is 0 Å². The van der Waals surface area contributed by atoms with E-state index in [2.05, 4.69) is 6.92 Å².